The molecule has 0 saturated carbocycles. The molecule has 2 rings (SSSR count). The van der Waals surface area contributed by atoms with Gasteiger partial charge < -0.3 is 14.5 Å². The van der Waals surface area contributed by atoms with Gasteiger partial charge in [0, 0.05) is 19.2 Å². The van der Waals surface area contributed by atoms with Crippen molar-refractivity contribution in [1.29, 1.82) is 0 Å². The van der Waals surface area contributed by atoms with Crippen molar-refractivity contribution in [3.05, 3.63) is 23.0 Å². The van der Waals surface area contributed by atoms with Crippen LogP contribution >= 0.6 is 11.6 Å². The van der Waals surface area contributed by atoms with E-state index in [9.17, 15) is 4.39 Å². The molecule has 0 bridgehead atoms. The third-order valence-corrected chi connectivity index (χ3v) is 3.55. The van der Waals surface area contributed by atoms with E-state index in [0.717, 1.165) is 32.0 Å². The molecule has 0 spiro atoms. The van der Waals surface area contributed by atoms with E-state index < -0.39 is 5.82 Å². The van der Waals surface area contributed by atoms with Crippen LogP contribution in [0.5, 0.6) is 5.75 Å². The second-order valence-corrected chi connectivity index (χ2v) is 5.22. The van der Waals surface area contributed by atoms with Crippen LogP contribution in [0.4, 0.5) is 10.1 Å². The Labute approximate surface area is 139 Å². The van der Waals surface area contributed by atoms with Gasteiger partial charge in [0.1, 0.15) is 31.4 Å². The third-order valence-electron chi connectivity index (χ3n) is 3.25. The summed E-state index contributed by atoms with van der Waals surface area (Å²) in [5.41, 5.74) is 0.103. The zero-order valence-electron chi connectivity index (χ0n) is 12.8. The fraction of sp³-hybridized carbons (Fsp3) is 0.375. The first kappa shape index (κ1) is 17.1. The van der Waals surface area contributed by atoms with E-state index in [2.05, 4.69) is 16.1 Å². The van der Waals surface area contributed by atoms with E-state index in [1.54, 1.807) is 0 Å². The molecular formula is C16H17ClFN3O2. The monoisotopic (exact) mass is 337 g/mol. The van der Waals surface area contributed by atoms with Gasteiger partial charge in [0.2, 0.25) is 0 Å². The molecule has 1 aliphatic heterocycles. The van der Waals surface area contributed by atoms with Crippen molar-refractivity contribution in [2.75, 3.05) is 26.8 Å². The van der Waals surface area contributed by atoms with Gasteiger partial charge in [-0.25, -0.2) is 9.38 Å². The third kappa shape index (κ3) is 4.60. The zero-order chi connectivity index (χ0) is 16.7. The number of halogens is 2. The summed E-state index contributed by atoms with van der Waals surface area (Å²) < 4.78 is 19.4. The SMILES string of the molecule is C#CCOc1cc(N=C(C=NOC)N2CCCC2)c(F)cc1Cl. The van der Waals surface area contributed by atoms with E-state index in [1.165, 1.54) is 19.4 Å². The number of aliphatic imine (C=N–C) groups is 1. The predicted molar refractivity (Wildman–Crippen MR) is 89.1 cm³/mol. The summed E-state index contributed by atoms with van der Waals surface area (Å²) in [5.74, 6) is 2.59. The average Bonchev–Trinajstić information content (AvgIpc) is 3.06. The highest BCUT2D eigenvalue weighted by Gasteiger charge is 2.17. The Morgan fingerprint density at radius 1 is 1.48 bits per heavy atom. The average molecular weight is 338 g/mol. The standard InChI is InChI=1S/C16H17ClFN3O2/c1-3-8-23-15-10-14(13(18)9-12(15)17)20-16(11-19-22-2)21-6-4-5-7-21/h1,9-11H,4-8H2,2H3. The number of rotatable bonds is 5. The van der Waals surface area contributed by atoms with Gasteiger partial charge in [-0.05, 0) is 18.9 Å². The van der Waals surface area contributed by atoms with Gasteiger partial charge in [0.05, 0.1) is 5.02 Å². The van der Waals surface area contributed by atoms with Crippen LogP contribution in [0.2, 0.25) is 5.02 Å². The number of ether oxygens (including phenoxy) is 1. The first-order chi connectivity index (χ1) is 11.2. The van der Waals surface area contributed by atoms with Gasteiger partial charge in [0.15, 0.2) is 11.7 Å². The maximum atomic E-state index is 14.1. The van der Waals surface area contributed by atoms with Crippen LogP contribution < -0.4 is 4.74 Å². The summed E-state index contributed by atoms with van der Waals surface area (Å²) in [5, 5.41) is 3.87. The molecule has 1 aliphatic rings. The van der Waals surface area contributed by atoms with Gasteiger partial charge in [-0.2, -0.15) is 0 Å². The van der Waals surface area contributed by atoms with Gasteiger partial charge in [-0.3, -0.25) is 0 Å². The van der Waals surface area contributed by atoms with Crippen LogP contribution in [0.15, 0.2) is 22.3 Å². The van der Waals surface area contributed by atoms with Crippen LogP contribution in [0.1, 0.15) is 12.8 Å². The molecule has 0 aliphatic carbocycles. The van der Waals surface area contributed by atoms with Crippen molar-refractivity contribution < 1.29 is 14.0 Å². The minimum atomic E-state index is -0.550. The number of hydrogen-bond donors (Lipinski definition) is 0. The molecule has 0 atom stereocenters. The first-order valence-electron chi connectivity index (χ1n) is 7.11. The molecule has 122 valence electrons. The summed E-state index contributed by atoms with van der Waals surface area (Å²) in [6.07, 6.45) is 8.72. The topological polar surface area (TPSA) is 46.4 Å². The maximum Gasteiger partial charge on any atom is 0.151 e. The molecule has 23 heavy (non-hydrogen) atoms. The Kier molecular flexibility index (Phi) is 6.24. The normalized spacial score (nSPS) is 15.0. The molecule has 1 aromatic carbocycles. The van der Waals surface area contributed by atoms with Gasteiger partial charge in [-0.15, -0.1) is 6.42 Å². The minimum absolute atomic E-state index is 0.0403. The lowest BCUT2D eigenvalue weighted by atomic mass is 10.3. The van der Waals surface area contributed by atoms with Crippen molar-refractivity contribution in [3.8, 4) is 18.1 Å². The number of terminal acetylenes is 1. The van der Waals surface area contributed by atoms with Crippen LogP contribution in [0, 0.1) is 18.2 Å². The first-order valence-corrected chi connectivity index (χ1v) is 7.49. The lowest BCUT2D eigenvalue weighted by Gasteiger charge is -2.17. The van der Waals surface area contributed by atoms with Crippen LogP contribution in [-0.2, 0) is 4.84 Å². The number of amidine groups is 1. The number of oxime groups is 1. The molecule has 0 amide bonds. The maximum absolute atomic E-state index is 14.1. The lowest BCUT2D eigenvalue weighted by molar-refractivity contribution is 0.215. The van der Waals surface area contributed by atoms with Crippen LogP contribution in [0.3, 0.4) is 0 Å². The second kappa shape index (κ2) is 8.39. The van der Waals surface area contributed by atoms with Crippen LogP contribution in [-0.4, -0.2) is 43.8 Å². The van der Waals surface area contributed by atoms with E-state index in [1.807, 2.05) is 4.90 Å². The quantitative estimate of drug-likeness (QED) is 0.358. The van der Waals surface area contributed by atoms with Crippen molar-refractivity contribution >= 4 is 29.3 Å². The van der Waals surface area contributed by atoms with E-state index in [0.29, 0.717) is 5.84 Å². The summed E-state index contributed by atoms with van der Waals surface area (Å²) in [6.45, 7) is 1.72. The van der Waals surface area contributed by atoms with E-state index in [4.69, 9.17) is 27.6 Å². The molecular weight excluding hydrogens is 321 g/mol. The molecule has 0 unspecified atom stereocenters. The van der Waals surface area contributed by atoms with Gasteiger partial charge in [-0.1, -0.05) is 22.7 Å². The molecule has 1 aromatic rings. The molecule has 0 aromatic heterocycles. The zero-order valence-corrected chi connectivity index (χ0v) is 13.5. The van der Waals surface area contributed by atoms with Crippen molar-refractivity contribution in [1.82, 2.24) is 4.90 Å². The fourth-order valence-corrected chi connectivity index (χ4v) is 2.39. The Morgan fingerprint density at radius 2 is 2.22 bits per heavy atom. The highest BCUT2D eigenvalue weighted by atomic mass is 35.5. The van der Waals surface area contributed by atoms with Gasteiger partial charge in [0.25, 0.3) is 0 Å². The molecule has 1 heterocycles. The lowest BCUT2D eigenvalue weighted by Crippen LogP contribution is -2.28. The second-order valence-electron chi connectivity index (χ2n) is 4.81. The van der Waals surface area contributed by atoms with Crippen LogP contribution in [0.25, 0.3) is 0 Å². The van der Waals surface area contributed by atoms with E-state index in [-0.39, 0.29) is 23.1 Å². The summed E-state index contributed by atoms with van der Waals surface area (Å²) >= 11 is 5.95. The largest absolute Gasteiger partial charge is 0.479 e. The smallest absolute Gasteiger partial charge is 0.151 e. The highest BCUT2D eigenvalue weighted by Crippen LogP contribution is 2.32. The van der Waals surface area contributed by atoms with E-state index >= 15 is 0 Å². The van der Waals surface area contributed by atoms with Crippen molar-refractivity contribution in [2.45, 2.75) is 12.8 Å². The predicted octanol–water partition coefficient (Wildman–Crippen LogP) is 3.25. The number of nitrogens with zero attached hydrogens (tertiary/aromatic N) is 3. The number of likely N-dealkylation sites (tertiary alicyclic amines) is 1. The number of hydrogen-bond acceptors (Lipinski definition) is 4. The molecule has 5 nitrogen and oxygen atoms in total. The highest BCUT2D eigenvalue weighted by molar-refractivity contribution is 6.32. The van der Waals surface area contributed by atoms with Crippen molar-refractivity contribution in [2.24, 2.45) is 10.1 Å². The summed E-state index contributed by atoms with van der Waals surface area (Å²) in [7, 11) is 1.44. The summed E-state index contributed by atoms with van der Waals surface area (Å²) in [4.78, 5) is 11.0. The summed E-state index contributed by atoms with van der Waals surface area (Å²) in [6, 6.07) is 2.58. The minimum Gasteiger partial charge on any atom is -0.479 e. The number of benzene rings is 1. The Bertz CT molecular complexity index is 649. The van der Waals surface area contributed by atoms with Crippen molar-refractivity contribution in [3.63, 3.8) is 0 Å². The Hall–Kier alpha value is -2.26. The molecule has 0 radical (unpaired) electrons. The van der Waals surface area contributed by atoms with Gasteiger partial charge >= 0.3 is 0 Å². The fourth-order valence-electron chi connectivity index (χ4n) is 2.18. The molecule has 1 saturated heterocycles. The Balaban J connectivity index is 2.36. The molecule has 0 N–H and O–H groups in total. The Morgan fingerprint density at radius 3 is 2.87 bits per heavy atom. The molecule has 1 fully saturated rings. The molecule has 7 heteroatoms.